The topological polar surface area (TPSA) is 75.6 Å². The first-order valence-corrected chi connectivity index (χ1v) is 9.30. The van der Waals surface area contributed by atoms with Crippen LogP contribution in [0.3, 0.4) is 0 Å². The summed E-state index contributed by atoms with van der Waals surface area (Å²) in [6.45, 7) is 0.110. The van der Waals surface area contributed by atoms with Crippen LogP contribution < -0.4 is 5.32 Å². The molecule has 0 aliphatic heterocycles. The zero-order valence-corrected chi connectivity index (χ0v) is 15.8. The average molecular weight is 432 g/mol. The highest BCUT2D eigenvalue weighted by Crippen LogP contribution is 2.36. The predicted molar refractivity (Wildman–Crippen MR) is 105 cm³/mol. The highest BCUT2D eigenvalue weighted by atomic mass is 79.9. The molecule has 0 saturated carbocycles. The van der Waals surface area contributed by atoms with Gasteiger partial charge in [0.25, 0.3) is 0 Å². The van der Waals surface area contributed by atoms with Gasteiger partial charge >= 0.3 is 12.1 Å². The Morgan fingerprint density at radius 3 is 2.42 bits per heavy atom. The van der Waals surface area contributed by atoms with Gasteiger partial charge in [-0.25, -0.2) is 9.59 Å². The monoisotopic (exact) mass is 431 g/mol. The van der Waals surface area contributed by atoms with Crippen LogP contribution in [0.15, 0.2) is 64.5 Å². The van der Waals surface area contributed by atoms with E-state index in [2.05, 4.69) is 21.2 Å². The molecule has 132 valence electrons. The molecule has 5 nitrogen and oxygen atoms in total. The number of amides is 1. The van der Waals surface area contributed by atoms with Gasteiger partial charge in [0.15, 0.2) is 0 Å². The second-order valence-electron chi connectivity index (χ2n) is 5.35. The molecule has 3 aromatic rings. The maximum atomic E-state index is 12.0. The van der Waals surface area contributed by atoms with Crippen LogP contribution in [0.1, 0.15) is 15.9 Å². The molecule has 1 amide bonds. The number of rotatable bonds is 5. The van der Waals surface area contributed by atoms with E-state index in [1.165, 1.54) is 11.3 Å². The van der Waals surface area contributed by atoms with Crippen LogP contribution in [0.4, 0.5) is 10.5 Å². The van der Waals surface area contributed by atoms with Crippen molar-refractivity contribution in [2.24, 2.45) is 0 Å². The van der Waals surface area contributed by atoms with Crippen molar-refractivity contribution in [1.82, 2.24) is 0 Å². The molecule has 7 heteroatoms. The molecular formula is C19H14BrNO4S. The number of ether oxygens (including phenoxy) is 1. The predicted octanol–water partition coefficient (Wildman–Crippen LogP) is 5.62. The first-order chi connectivity index (χ1) is 12.5. The summed E-state index contributed by atoms with van der Waals surface area (Å²) < 4.78 is 6.05. The molecule has 0 fully saturated rings. The van der Waals surface area contributed by atoms with Gasteiger partial charge in [0.1, 0.15) is 12.2 Å². The Kier molecular flexibility index (Phi) is 5.70. The Hall–Kier alpha value is -2.64. The Labute approximate surface area is 162 Å². The number of carbonyl (C=O) groups is 2. The molecule has 1 aromatic heterocycles. The molecule has 0 radical (unpaired) electrons. The van der Waals surface area contributed by atoms with Crippen molar-refractivity contribution in [2.45, 2.75) is 6.61 Å². The molecule has 3 rings (SSSR count). The minimum absolute atomic E-state index is 0.0500. The van der Waals surface area contributed by atoms with Crippen LogP contribution >= 0.6 is 27.3 Å². The van der Waals surface area contributed by atoms with E-state index in [0.29, 0.717) is 4.88 Å². The summed E-state index contributed by atoms with van der Waals surface area (Å²) in [4.78, 5) is 24.3. The van der Waals surface area contributed by atoms with Crippen LogP contribution in [-0.2, 0) is 11.3 Å². The van der Waals surface area contributed by atoms with Gasteiger partial charge < -0.3 is 9.84 Å². The van der Waals surface area contributed by atoms with Gasteiger partial charge in [0.05, 0.1) is 10.6 Å². The normalized spacial score (nSPS) is 10.3. The van der Waals surface area contributed by atoms with E-state index in [1.54, 1.807) is 5.38 Å². The van der Waals surface area contributed by atoms with Crippen LogP contribution in [0.5, 0.6) is 0 Å². The molecule has 2 aromatic carbocycles. The van der Waals surface area contributed by atoms with E-state index >= 15 is 0 Å². The van der Waals surface area contributed by atoms with E-state index in [-0.39, 0.29) is 17.9 Å². The van der Waals surface area contributed by atoms with Crippen molar-refractivity contribution < 1.29 is 19.4 Å². The van der Waals surface area contributed by atoms with E-state index in [1.807, 2.05) is 54.6 Å². The fourth-order valence-electron chi connectivity index (χ4n) is 2.35. The summed E-state index contributed by atoms with van der Waals surface area (Å²) in [7, 11) is 0. The van der Waals surface area contributed by atoms with Crippen molar-refractivity contribution in [3.63, 3.8) is 0 Å². The van der Waals surface area contributed by atoms with Crippen LogP contribution in [-0.4, -0.2) is 17.2 Å². The molecule has 0 bridgehead atoms. The lowest BCUT2D eigenvalue weighted by Crippen LogP contribution is -2.15. The SMILES string of the molecule is O=C(Nc1csc(-c2ccc(Br)cc2)c1C(=O)O)OCc1ccccc1. The molecule has 1 heterocycles. The summed E-state index contributed by atoms with van der Waals surface area (Å²) in [6.07, 6.45) is -0.698. The number of hydrogen-bond donors (Lipinski definition) is 2. The van der Waals surface area contributed by atoms with E-state index in [0.717, 1.165) is 15.6 Å². The summed E-state index contributed by atoms with van der Waals surface area (Å²) in [5.41, 5.74) is 1.88. The molecule has 2 N–H and O–H groups in total. The molecule has 0 aliphatic carbocycles. The number of carboxylic acids is 1. The van der Waals surface area contributed by atoms with Gasteiger partial charge in [-0.2, -0.15) is 0 Å². The Morgan fingerprint density at radius 2 is 1.77 bits per heavy atom. The number of benzene rings is 2. The van der Waals surface area contributed by atoms with Crippen molar-refractivity contribution >= 4 is 45.0 Å². The highest BCUT2D eigenvalue weighted by molar-refractivity contribution is 9.10. The van der Waals surface area contributed by atoms with Crippen molar-refractivity contribution in [3.8, 4) is 10.4 Å². The minimum Gasteiger partial charge on any atom is -0.478 e. The first kappa shape index (κ1) is 18.2. The third-order valence-corrected chi connectivity index (χ3v) is 5.12. The summed E-state index contributed by atoms with van der Waals surface area (Å²) in [6, 6.07) is 16.6. The minimum atomic E-state index is -1.11. The smallest absolute Gasteiger partial charge is 0.412 e. The van der Waals surface area contributed by atoms with E-state index in [4.69, 9.17) is 4.74 Å². The molecule has 0 spiro atoms. The number of halogens is 1. The quantitative estimate of drug-likeness (QED) is 0.549. The van der Waals surface area contributed by atoms with Crippen molar-refractivity contribution in [2.75, 3.05) is 5.32 Å². The van der Waals surface area contributed by atoms with Gasteiger partial charge in [0, 0.05) is 9.85 Å². The summed E-state index contributed by atoms with van der Waals surface area (Å²) >= 11 is 4.61. The fourth-order valence-corrected chi connectivity index (χ4v) is 3.61. The molecule has 26 heavy (non-hydrogen) atoms. The number of aromatic carboxylic acids is 1. The average Bonchev–Trinajstić information content (AvgIpc) is 3.05. The fraction of sp³-hybridized carbons (Fsp3) is 0.0526. The lowest BCUT2D eigenvalue weighted by molar-refractivity contribution is 0.0699. The maximum absolute atomic E-state index is 12.0. The zero-order valence-electron chi connectivity index (χ0n) is 13.4. The summed E-state index contributed by atoms with van der Waals surface area (Å²) in [5, 5.41) is 13.7. The van der Waals surface area contributed by atoms with Gasteiger partial charge in [-0.3, -0.25) is 5.32 Å². The largest absolute Gasteiger partial charge is 0.478 e. The zero-order chi connectivity index (χ0) is 18.5. The number of carbonyl (C=O) groups excluding carboxylic acids is 1. The number of anilines is 1. The molecule has 0 aliphatic rings. The van der Waals surface area contributed by atoms with Gasteiger partial charge in [-0.05, 0) is 23.3 Å². The molecular weight excluding hydrogens is 418 g/mol. The highest BCUT2D eigenvalue weighted by Gasteiger charge is 2.21. The van der Waals surface area contributed by atoms with E-state index < -0.39 is 12.1 Å². The van der Waals surface area contributed by atoms with Gasteiger partial charge in [-0.1, -0.05) is 58.4 Å². The Morgan fingerprint density at radius 1 is 1.08 bits per heavy atom. The van der Waals surface area contributed by atoms with Gasteiger partial charge in [0.2, 0.25) is 0 Å². The van der Waals surface area contributed by atoms with E-state index in [9.17, 15) is 14.7 Å². The molecule has 0 unspecified atom stereocenters. The number of carboxylic acid groups (broad SMARTS) is 1. The lowest BCUT2D eigenvalue weighted by Gasteiger charge is -2.08. The van der Waals surface area contributed by atoms with Gasteiger partial charge in [-0.15, -0.1) is 11.3 Å². The number of hydrogen-bond acceptors (Lipinski definition) is 4. The Balaban J connectivity index is 1.76. The number of nitrogens with one attached hydrogen (secondary N) is 1. The third-order valence-electron chi connectivity index (χ3n) is 3.56. The van der Waals surface area contributed by atoms with Crippen LogP contribution in [0.2, 0.25) is 0 Å². The lowest BCUT2D eigenvalue weighted by atomic mass is 10.1. The second-order valence-corrected chi connectivity index (χ2v) is 7.15. The van der Waals surface area contributed by atoms with Crippen molar-refractivity contribution in [1.29, 1.82) is 0 Å². The van der Waals surface area contributed by atoms with Crippen LogP contribution in [0.25, 0.3) is 10.4 Å². The molecule has 0 saturated heterocycles. The number of thiophene rings is 1. The molecule has 0 atom stereocenters. The van der Waals surface area contributed by atoms with Crippen molar-refractivity contribution in [3.05, 3.63) is 75.6 Å². The Bertz CT molecular complexity index is 922. The standard InChI is InChI=1S/C19H14BrNO4S/c20-14-8-6-13(7-9-14)17-16(18(22)23)15(11-26-17)21-19(24)25-10-12-4-2-1-3-5-12/h1-9,11H,10H2,(H,21,24)(H,22,23). The second kappa shape index (κ2) is 8.16. The van der Waals surface area contributed by atoms with Crippen LogP contribution in [0, 0.1) is 0 Å². The summed E-state index contributed by atoms with van der Waals surface area (Å²) in [5.74, 6) is -1.11. The third kappa shape index (κ3) is 4.30. The first-order valence-electron chi connectivity index (χ1n) is 7.63. The maximum Gasteiger partial charge on any atom is 0.412 e.